The van der Waals surface area contributed by atoms with Crippen molar-refractivity contribution in [3.63, 3.8) is 0 Å². The lowest BCUT2D eigenvalue weighted by Crippen LogP contribution is -2.44. The van der Waals surface area contributed by atoms with Gasteiger partial charge in [0.05, 0.1) is 83.2 Å². The summed E-state index contributed by atoms with van der Waals surface area (Å²) in [6.07, 6.45) is 25.4. The third-order valence-electron chi connectivity index (χ3n) is 17.3. The molecule has 4 aliphatic heterocycles. The molecule has 4 saturated heterocycles. The van der Waals surface area contributed by atoms with Gasteiger partial charge in [0.25, 0.3) is 10.0 Å². The Morgan fingerprint density at radius 2 is 0.987 bits per heavy atom. The first-order valence-corrected chi connectivity index (χ1v) is 29.9. The maximum atomic E-state index is 13.8. The van der Waals surface area contributed by atoms with E-state index in [1.807, 2.05) is 35.5 Å². The smallest absolute Gasteiger partial charge is 0.269 e. The molecule has 7 aromatic rings. The molecular formula is C60H84N12O6S. The Balaban J connectivity index is 0.000000178. The minimum atomic E-state index is -3.84. The fourth-order valence-electron chi connectivity index (χ4n) is 12.7. The van der Waals surface area contributed by atoms with Gasteiger partial charge in [-0.3, -0.25) is 29.0 Å². The maximum Gasteiger partial charge on any atom is 0.269 e. The van der Waals surface area contributed by atoms with Crippen LogP contribution in [0.4, 0.5) is 0 Å². The quantitative estimate of drug-likeness (QED) is 0.111. The van der Waals surface area contributed by atoms with Crippen molar-refractivity contribution in [2.45, 2.75) is 108 Å². The zero-order valence-corrected chi connectivity index (χ0v) is 45.4. The molecule has 0 amide bonds. The summed E-state index contributed by atoms with van der Waals surface area (Å²) in [6.45, 7) is 18.3. The predicted molar refractivity (Wildman–Crippen MR) is 310 cm³/mol. The van der Waals surface area contributed by atoms with Crippen LogP contribution in [0.15, 0.2) is 96.9 Å². The molecule has 1 aromatic carbocycles. The average Bonchev–Trinajstić information content (AvgIpc) is 4.53. The molecule has 6 aliphatic rings. The number of rotatable bonds is 14. The number of aromatic nitrogens is 8. The van der Waals surface area contributed by atoms with Gasteiger partial charge in [-0.1, -0.05) is 33.1 Å². The van der Waals surface area contributed by atoms with E-state index in [0.29, 0.717) is 23.5 Å². The number of aromatic amines is 1. The first-order valence-electron chi connectivity index (χ1n) is 28.5. The zero-order chi connectivity index (χ0) is 52.0. The second-order valence-electron chi connectivity index (χ2n) is 21.9. The number of pyridine rings is 2. The molecule has 0 unspecified atom stereocenters. The summed E-state index contributed by atoms with van der Waals surface area (Å²) in [5.41, 5.74) is 8.06. The Morgan fingerprint density at radius 3 is 1.51 bits per heavy atom. The van der Waals surface area contributed by atoms with Gasteiger partial charge in [0, 0.05) is 148 Å². The van der Waals surface area contributed by atoms with E-state index in [4.69, 9.17) is 28.9 Å². The topological polar surface area (TPSA) is 166 Å². The van der Waals surface area contributed by atoms with Gasteiger partial charge in [-0.2, -0.15) is 10.2 Å². The van der Waals surface area contributed by atoms with E-state index in [2.05, 4.69) is 70.2 Å². The Hall–Kier alpha value is -5.35. The van der Waals surface area contributed by atoms with Crippen LogP contribution in [0.2, 0.25) is 0 Å². The Kier molecular flexibility index (Phi) is 19.1. The van der Waals surface area contributed by atoms with Gasteiger partial charge in [0.2, 0.25) is 0 Å². The van der Waals surface area contributed by atoms with E-state index in [0.717, 1.165) is 191 Å². The first-order chi connectivity index (χ1) is 37.9. The molecular weight excluding hydrogens is 1020 g/mol. The fraction of sp³-hybridized carbons (Fsp3) is 0.567. The Morgan fingerprint density at radius 1 is 0.519 bits per heavy atom. The summed E-state index contributed by atoms with van der Waals surface area (Å²) in [7, 11) is -3.84. The van der Waals surface area contributed by atoms with Crippen molar-refractivity contribution >= 4 is 32.1 Å². The zero-order valence-electron chi connectivity index (χ0n) is 44.5. The van der Waals surface area contributed by atoms with Crippen LogP contribution in [0.5, 0.6) is 0 Å². The van der Waals surface area contributed by atoms with E-state index < -0.39 is 10.0 Å². The van der Waals surface area contributed by atoms with Crippen molar-refractivity contribution in [3.05, 3.63) is 103 Å². The number of ether oxygens (including phenoxy) is 4. The lowest BCUT2D eigenvalue weighted by molar-refractivity contribution is 0.00727. The van der Waals surface area contributed by atoms with Gasteiger partial charge in [0.1, 0.15) is 5.65 Å². The van der Waals surface area contributed by atoms with E-state index >= 15 is 0 Å². The molecule has 1 N–H and O–H groups in total. The maximum absolute atomic E-state index is 13.8. The summed E-state index contributed by atoms with van der Waals surface area (Å²) in [4.78, 5) is 23.3. The molecule has 0 atom stereocenters. The minimum Gasteiger partial charge on any atom is -0.379 e. The van der Waals surface area contributed by atoms with Crippen molar-refractivity contribution in [2.24, 2.45) is 0 Å². The molecule has 2 saturated carbocycles. The van der Waals surface area contributed by atoms with Gasteiger partial charge in [-0.15, -0.1) is 0 Å². The number of morpholine rings is 4. The highest BCUT2D eigenvalue weighted by molar-refractivity contribution is 7.90. The number of hydrogen-bond acceptors (Lipinski definition) is 14. The Bertz CT molecular complexity index is 3120. The van der Waals surface area contributed by atoms with E-state index in [1.54, 1.807) is 30.5 Å². The largest absolute Gasteiger partial charge is 0.379 e. The SMILES string of the molecule is C.C.O=S(=O)(c1ccccc1)n1cc(-c2cnn(CCN3CCOCC3)c2)c2cc(C3CCC(N4CCOCC4)CC3)cnc21.c1nn(CCN2CCOCC2)cc1-c1c[nH]c2ncc(C3CCC(N4CCOCC4)CC3)cc12. The van der Waals surface area contributed by atoms with Gasteiger partial charge >= 0.3 is 0 Å². The highest BCUT2D eigenvalue weighted by Crippen LogP contribution is 2.40. The molecule has 6 fully saturated rings. The van der Waals surface area contributed by atoms with Crippen molar-refractivity contribution in [1.29, 1.82) is 0 Å². The van der Waals surface area contributed by atoms with Crippen LogP contribution in [0.3, 0.4) is 0 Å². The normalized spacial score (nSPS) is 23.2. The van der Waals surface area contributed by atoms with Crippen molar-refractivity contribution in [1.82, 2.24) is 58.1 Å². The number of benzene rings is 1. The van der Waals surface area contributed by atoms with Gasteiger partial charge in [0.15, 0.2) is 5.65 Å². The molecule has 0 bridgehead atoms. The highest BCUT2D eigenvalue weighted by Gasteiger charge is 2.31. The van der Waals surface area contributed by atoms with Crippen LogP contribution in [0, 0.1) is 0 Å². The summed E-state index contributed by atoms with van der Waals surface area (Å²) in [5, 5.41) is 11.3. The minimum absolute atomic E-state index is 0. The van der Waals surface area contributed by atoms with E-state index in [-0.39, 0.29) is 19.7 Å². The number of nitrogens with zero attached hydrogens (tertiary/aromatic N) is 11. The van der Waals surface area contributed by atoms with Gasteiger partial charge < -0.3 is 23.9 Å². The Labute approximate surface area is 467 Å². The van der Waals surface area contributed by atoms with Gasteiger partial charge in [-0.05, 0) is 98.6 Å². The molecule has 426 valence electrons. The van der Waals surface area contributed by atoms with Crippen LogP contribution >= 0.6 is 0 Å². The summed E-state index contributed by atoms with van der Waals surface area (Å²) < 4.78 is 55.0. The summed E-state index contributed by atoms with van der Waals surface area (Å²) >= 11 is 0. The average molecular weight is 1100 g/mol. The highest BCUT2D eigenvalue weighted by atomic mass is 32.2. The fourth-order valence-corrected chi connectivity index (χ4v) is 14.1. The number of H-pyrrole nitrogens is 1. The van der Waals surface area contributed by atoms with Crippen LogP contribution < -0.4 is 0 Å². The second kappa shape index (κ2) is 26.5. The van der Waals surface area contributed by atoms with Crippen LogP contribution in [-0.2, 0) is 42.1 Å². The third kappa shape index (κ3) is 13.2. The molecule has 19 heteroatoms. The molecule has 0 spiro atoms. The molecule has 6 aromatic heterocycles. The summed E-state index contributed by atoms with van der Waals surface area (Å²) in [6, 6.07) is 14.5. The molecule has 2 aliphatic carbocycles. The van der Waals surface area contributed by atoms with Crippen molar-refractivity contribution in [3.8, 4) is 22.3 Å². The predicted octanol–water partition coefficient (Wildman–Crippen LogP) is 8.22. The molecule has 0 radical (unpaired) electrons. The third-order valence-corrected chi connectivity index (χ3v) is 19.0. The van der Waals surface area contributed by atoms with E-state index in [1.165, 1.54) is 51.7 Å². The number of hydrogen-bond donors (Lipinski definition) is 1. The lowest BCUT2D eigenvalue weighted by Gasteiger charge is -2.38. The van der Waals surface area contributed by atoms with Crippen LogP contribution in [-0.4, -0.2) is 197 Å². The lowest BCUT2D eigenvalue weighted by atomic mass is 9.81. The van der Waals surface area contributed by atoms with Crippen molar-refractivity contribution < 1.29 is 27.4 Å². The molecule has 79 heavy (non-hydrogen) atoms. The van der Waals surface area contributed by atoms with Crippen LogP contribution in [0.25, 0.3) is 44.3 Å². The molecule has 18 nitrogen and oxygen atoms in total. The van der Waals surface area contributed by atoms with E-state index in [9.17, 15) is 8.42 Å². The van der Waals surface area contributed by atoms with Gasteiger partial charge in [-0.25, -0.2) is 22.4 Å². The molecule has 13 rings (SSSR count). The second-order valence-corrected chi connectivity index (χ2v) is 23.7. The standard InChI is InChI=1S/C32H40N6O4S.C26H36N6O2.2CH4/c39-43(40,29-4-2-1-3-5-29)38-24-31(27-22-34-37(23-27)11-10-35-12-16-41-17-13-35)30-20-26(21-33-32(30)38)25-6-8-28(9-7-25)36-14-18-42-19-15-36;1-3-23(31-9-13-34-14-10-31)4-2-20(1)21-15-24-25(18-28-26(24)27-16-21)22-17-29-32(19-22)6-5-30-7-11-33-12-8-30;;/h1-5,20-25,28H,6-19H2;15-20,23H,1-14H2,(H,27,28);2*1H4. The number of nitrogens with one attached hydrogen (secondary N) is 1. The summed E-state index contributed by atoms with van der Waals surface area (Å²) in [5.74, 6) is 1.01. The van der Waals surface area contributed by atoms with Crippen LogP contribution in [0.1, 0.15) is 89.2 Å². The first kappa shape index (κ1) is 56.9. The monoisotopic (exact) mass is 1100 g/mol. The van der Waals surface area contributed by atoms with Crippen molar-refractivity contribution in [2.75, 3.05) is 118 Å². The number of fused-ring (bicyclic) bond motifs is 2. The molecule has 10 heterocycles.